The number of carbonyl (C=O) groups is 1. The van der Waals surface area contributed by atoms with E-state index in [2.05, 4.69) is 52.5 Å². The summed E-state index contributed by atoms with van der Waals surface area (Å²) < 4.78 is 17.7. The van der Waals surface area contributed by atoms with Crippen LogP contribution in [0.4, 0.5) is 5.69 Å². The van der Waals surface area contributed by atoms with Gasteiger partial charge in [-0.15, -0.1) is 0 Å². The van der Waals surface area contributed by atoms with Gasteiger partial charge in [-0.1, -0.05) is 22.0 Å². The van der Waals surface area contributed by atoms with E-state index in [1.165, 1.54) is 0 Å². The van der Waals surface area contributed by atoms with Crippen LogP contribution in [0.1, 0.15) is 16.1 Å². The molecule has 5 aromatic rings. The summed E-state index contributed by atoms with van der Waals surface area (Å²) in [5.74, 6) is 0.274. The highest BCUT2D eigenvalue weighted by Crippen LogP contribution is 2.29. The topological polar surface area (TPSA) is 107 Å². The van der Waals surface area contributed by atoms with Crippen LogP contribution in [0.3, 0.4) is 0 Å². The van der Waals surface area contributed by atoms with Crippen LogP contribution in [-0.2, 0) is 6.54 Å². The highest BCUT2D eigenvalue weighted by atomic mass is 79.9. The number of fused-ring (bicyclic) bond motifs is 2. The third-order valence-corrected chi connectivity index (χ3v) is 5.55. The van der Waals surface area contributed by atoms with Crippen LogP contribution in [0.15, 0.2) is 82.2 Å². The first-order valence-electron chi connectivity index (χ1n) is 9.08. The molecule has 0 spiro atoms. The zero-order valence-corrected chi connectivity index (χ0v) is 18.8. The van der Waals surface area contributed by atoms with E-state index < -0.39 is 0 Å². The molecule has 0 saturated heterocycles. The monoisotopic (exact) mass is 542 g/mol. The maximum Gasteiger partial charge on any atom is 0.257 e. The Hall–Kier alpha value is -3.24. The quantitative estimate of drug-likeness (QED) is 0.332. The fourth-order valence-corrected chi connectivity index (χ4v) is 4.42. The lowest BCUT2D eigenvalue weighted by Crippen LogP contribution is -2.28. The minimum atomic E-state index is -0.359. The first-order chi connectivity index (χ1) is 15.1. The summed E-state index contributed by atoms with van der Waals surface area (Å²) in [6, 6.07) is 14.3. The van der Waals surface area contributed by atoms with Gasteiger partial charge in [-0.25, -0.2) is 9.62 Å². The second kappa shape index (κ2) is 8.12. The van der Waals surface area contributed by atoms with Crippen molar-refractivity contribution in [3.8, 4) is 0 Å². The lowest BCUT2D eigenvalue weighted by Gasteiger charge is -2.07. The van der Waals surface area contributed by atoms with Crippen LogP contribution in [-0.4, -0.2) is 16.2 Å². The van der Waals surface area contributed by atoms with E-state index in [-0.39, 0.29) is 23.6 Å². The second-order valence-electron chi connectivity index (χ2n) is 6.55. The summed E-state index contributed by atoms with van der Waals surface area (Å²) in [7, 11) is 0. The van der Waals surface area contributed by atoms with Crippen LogP contribution in [0.25, 0.3) is 22.0 Å². The van der Waals surface area contributed by atoms with Crippen molar-refractivity contribution in [1.82, 2.24) is 15.6 Å². The fourth-order valence-electron chi connectivity index (χ4n) is 3.08. The molecule has 0 saturated carbocycles. The lowest BCUT2D eigenvalue weighted by atomic mass is 10.1. The first kappa shape index (κ1) is 19.7. The van der Waals surface area contributed by atoms with Gasteiger partial charge in [-0.3, -0.25) is 4.79 Å². The number of hydrogen-bond donors (Lipinski definition) is 1. The van der Waals surface area contributed by atoms with E-state index >= 15 is 0 Å². The zero-order chi connectivity index (χ0) is 21.4. The van der Waals surface area contributed by atoms with Gasteiger partial charge in [0.25, 0.3) is 5.91 Å². The van der Waals surface area contributed by atoms with Gasteiger partial charge in [0.2, 0.25) is 5.55 Å². The van der Waals surface area contributed by atoms with E-state index in [9.17, 15) is 4.79 Å². The van der Waals surface area contributed by atoms with Crippen molar-refractivity contribution in [3.05, 3.63) is 80.6 Å². The Kier molecular flexibility index (Phi) is 5.16. The minimum absolute atomic E-state index is 0.128. The summed E-state index contributed by atoms with van der Waals surface area (Å²) in [4.78, 5) is 17.6. The van der Waals surface area contributed by atoms with Gasteiger partial charge >= 0.3 is 0 Å². The average molecular weight is 544 g/mol. The third kappa shape index (κ3) is 3.91. The van der Waals surface area contributed by atoms with Gasteiger partial charge < -0.3 is 14.2 Å². The van der Waals surface area contributed by atoms with Crippen molar-refractivity contribution in [2.75, 3.05) is 0 Å². The number of amides is 1. The Labute approximate surface area is 191 Å². The van der Waals surface area contributed by atoms with Gasteiger partial charge in [0.05, 0.1) is 23.0 Å². The SMILES string of the molecule is O=C(NCc1ccco1)c1cc2cc(Br)cc(Br)c2oc1=Nc1cccc2nonc12. The molecule has 0 aliphatic rings. The molecule has 8 nitrogen and oxygen atoms in total. The maximum absolute atomic E-state index is 13.0. The number of benzene rings is 2. The number of nitrogens with one attached hydrogen (secondary N) is 1. The van der Waals surface area contributed by atoms with Crippen LogP contribution < -0.4 is 10.9 Å². The number of halogens is 2. The largest absolute Gasteiger partial charge is 0.467 e. The zero-order valence-electron chi connectivity index (χ0n) is 15.6. The highest BCUT2D eigenvalue weighted by Gasteiger charge is 2.16. The summed E-state index contributed by atoms with van der Waals surface area (Å²) in [6.07, 6.45) is 1.55. The molecule has 0 unspecified atom stereocenters. The van der Waals surface area contributed by atoms with Crippen LogP contribution in [0.5, 0.6) is 0 Å². The van der Waals surface area contributed by atoms with E-state index in [0.29, 0.717) is 28.1 Å². The van der Waals surface area contributed by atoms with Crippen molar-refractivity contribution in [3.63, 3.8) is 0 Å². The predicted molar refractivity (Wildman–Crippen MR) is 119 cm³/mol. The minimum Gasteiger partial charge on any atom is -0.467 e. The fraction of sp³-hybridized carbons (Fsp3) is 0.0476. The Morgan fingerprint density at radius 2 is 2.00 bits per heavy atom. The van der Waals surface area contributed by atoms with E-state index in [1.807, 2.05) is 12.1 Å². The number of carbonyl (C=O) groups excluding carboxylic acids is 1. The first-order valence-corrected chi connectivity index (χ1v) is 10.7. The molecule has 0 radical (unpaired) electrons. The van der Waals surface area contributed by atoms with Gasteiger partial charge in [-0.05, 0) is 68.7 Å². The van der Waals surface area contributed by atoms with Crippen LogP contribution in [0, 0.1) is 0 Å². The molecule has 0 bridgehead atoms. The number of furan rings is 1. The number of rotatable bonds is 4. The molecule has 0 aliphatic carbocycles. The predicted octanol–water partition coefficient (Wildman–Crippen LogP) is 5.25. The Morgan fingerprint density at radius 1 is 1.10 bits per heavy atom. The van der Waals surface area contributed by atoms with Crippen molar-refractivity contribution in [2.45, 2.75) is 6.54 Å². The van der Waals surface area contributed by atoms with Crippen LogP contribution in [0.2, 0.25) is 0 Å². The molecule has 3 aromatic heterocycles. The Balaban J connectivity index is 1.68. The standard InChI is InChI=1S/C21H12Br2N4O4/c22-12-7-11-8-14(20(28)24-10-13-3-2-6-29-13)21(30-19(11)15(23)9-12)25-16-4-1-5-17-18(16)27-31-26-17/h1-9H,10H2,(H,24,28). The molecule has 154 valence electrons. The van der Waals surface area contributed by atoms with Gasteiger partial charge in [0.15, 0.2) is 11.1 Å². The molecule has 1 amide bonds. The van der Waals surface area contributed by atoms with E-state index in [4.69, 9.17) is 13.5 Å². The number of hydrogen-bond acceptors (Lipinski definition) is 7. The van der Waals surface area contributed by atoms with Crippen LogP contribution >= 0.6 is 31.9 Å². The molecular weight excluding hydrogens is 532 g/mol. The maximum atomic E-state index is 13.0. The third-order valence-electron chi connectivity index (χ3n) is 4.50. The van der Waals surface area contributed by atoms with Crippen molar-refractivity contribution in [1.29, 1.82) is 0 Å². The van der Waals surface area contributed by atoms with Gasteiger partial charge in [0, 0.05) is 9.86 Å². The average Bonchev–Trinajstić information content (AvgIpc) is 3.44. The molecule has 31 heavy (non-hydrogen) atoms. The Morgan fingerprint density at radius 3 is 2.84 bits per heavy atom. The second-order valence-corrected chi connectivity index (χ2v) is 8.32. The van der Waals surface area contributed by atoms with E-state index in [0.717, 1.165) is 14.3 Å². The van der Waals surface area contributed by atoms with Gasteiger partial charge in [-0.2, -0.15) is 0 Å². The van der Waals surface area contributed by atoms with E-state index in [1.54, 1.807) is 42.7 Å². The summed E-state index contributed by atoms with van der Waals surface area (Å²) in [5.41, 5.74) is 2.43. The summed E-state index contributed by atoms with van der Waals surface area (Å²) >= 11 is 6.97. The smallest absolute Gasteiger partial charge is 0.257 e. The summed E-state index contributed by atoms with van der Waals surface area (Å²) in [6.45, 7) is 0.230. The highest BCUT2D eigenvalue weighted by molar-refractivity contribution is 9.11. The lowest BCUT2D eigenvalue weighted by molar-refractivity contribution is 0.0944. The van der Waals surface area contributed by atoms with Crippen molar-refractivity contribution in [2.24, 2.45) is 4.99 Å². The molecule has 0 fully saturated rings. The molecule has 10 heteroatoms. The molecule has 1 N–H and O–H groups in total. The molecule has 5 rings (SSSR count). The molecule has 0 atom stereocenters. The molecular formula is C21H12Br2N4O4. The Bertz CT molecular complexity index is 1490. The molecule has 3 heterocycles. The normalized spacial score (nSPS) is 12.0. The van der Waals surface area contributed by atoms with Gasteiger partial charge in [0.1, 0.15) is 16.8 Å². The summed E-state index contributed by atoms with van der Waals surface area (Å²) in [5, 5.41) is 11.3. The molecule has 2 aromatic carbocycles. The van der Waals surface area contributed by atoms with Crippen molar-refractivity contribution < 1.29 is 18.3 Å². The number of aromatic nitrogens is 2. The number of nitrogens with zero attached hydrogens (tertiary/aromatic N) is 3. The molecule has 0 aliphatic heterocycles. The van der Waals surface area contributed by atoms with Crippen molar-refractivity contribution >= 4 is 65.5 Å².